The van der Waals surface area contributed by atoms with Crippen molar-refractivity contribution in [1.29, 1.82) is 0 Å². The summed E-state index contributed by atoms with van der Waals surface area (Å²) in [5.41, 5.74) is 1.25. The second kappa shape index (κ2) is 9.08. The lowest BCUT2D eigenvalue weighted by Gasteiger charge is -2.41. The zero-order valence-electron chi connectivity index (χ0n) is 17.3. The molecule has 1 unspecified atom stereocenters. The Labute approximate surface area is 178 Å². The highest BCUT2D eigenvalue weighted by Crippen LogP contribution is 2.37. The van der Waals surface area contributed by atoms with Crippen molar-refractivity contribution in [3.05, 3.63) is 42.0 Å². The number of amides is 1. The Hall–Kier alpha value is -1.90. The Morgan fingerprint density at radius 3 is 2.90 bits per heavy atom. The van der Waals surface area contributed by atoms with E-state index >= 15 is 0 Å². The number of rotatable bonds is 2. The Balaban J connectivity index is 1.58. The van der Waals surface area contributed by atoms with Gasteiger partial charge in [-0.05, 0) is 61.8 Å². The minimum absolute atomic E-state index is 0.109. The van der Waals surface area contributed by atoms with Crippen LogP contribution in [0.15, 0.2) is 36.4 Å². The molecule has 30 heavy (non-hydrogen) atoms. The molecule has 2 aliphatic heterocycles. The van der Waals surface area contributed by atoms with Crippen molar-refractivity contribution in [2.75, 3.05) is 26.0 Å². The van der Waals surface area contributed by atoms with Crippen LogP contribution in [0.5, 0.6) is 5.75 Å². The van der Waals surface area contributed by atoms with Gasteiger partial charge < -0.3 is 14.4 Å². The second-order valence-electron chi connectivity index (χ2n) is 8.49. The molecule has 1 amide bonds. The number of hydrogen-bond acceptors (Lipinski definition) is 5. The minimum atomic E-state index is -3.38. The van der Waals surface area contributed by atoms with E-state index in [2.05, 4.69) is 16.9 Å². The number of fused-ring (bicyclic) bond motifs is 6. The molecule has 1 aliphatic carbocycles. The number of nitrogens with one attached hydrogen (secondary N) is 1. The van der Waals surface area contributed by atoms with Crippen LogP contribution in [0.1, 0.15) is 43.6 Å². The SMILES string of the molecule is CS(=O)(=O)N[C@H]1CCCN2C(=O)/C=C/COc3cccc(c3)[C@H]3CCC(C3)OC[C@@H]12. The average molecular weight is 435 g/mol. The van der Waals surface area contributed by atoms with Gasteiger partial charge in [-0.15, -0.1) is 0 Å². The molecule has 0 aromatic heterocycles. The maximum Gasteiger partial charge on any atom is 0.246 e. The van der Waals surface area contributed by atoms with Crippen LogP contribution in [-0.2, 0) is 19.6 Å². The fourth-order valence-electron chi connectivity index (χ4n) is 4.83. The molecule has 0 spiro atoms. The van der Waals surface area contributed by atoms with Crippen LogP contribution in [0.4, 0.5) is 0 Å². The molecule has 164 valence electrons. The highest BCUT2D eigenvalue weighted by Gasteiger charge is 2.37. The Morgan fingerprint density at radius 2 is 2.07 bits per heavy atom. The third kappa shape index (κ3) is 5.22. The molecule has 2 fully saturated rings. The van der Waals surface area contributed by atoms with Gasteiger partial charge in [-0.3, -0.25) is 4.79 Å². The molecule has 7 nitrogen and oxygen atoms in total. The molecule has 1 N–H and O–H groups in total. The number of nitrogens with zero attached hydrogens (tertiary/aromatic N) is 1. The summed E-state index contributed by atoms with van der Waals surface area (Å²) >= 11 is 0. The van der Waals surface area contributed by atoms with Gasteiger partial charge in [0.05, 0.1) is 25.0 Å². The molecule has 1 saturated carbocycles. The maximum absolute atomic E-state index is 12.9. The third-order valence-corrected chi connectivity index (χ3v) is 6.98. The molecule has 1 aromatic carbocycles. The maximum atomic E-state index is 12.9. The number of sulfonamides is 1. The number of carbonyl (C=O) groups excluding carboxylic acids is 1. The molecule has 2 heterocycles. The summed E-state index contributed by atoms with van der Waals surface area (Å²) in [6.07, 6.45) is 8.87. The first kappa shape index (κ1) is 21.3. The van der Waals surface area contributed by atoms with Gasteiger partial charge in [0.2, 0.25) is 15.9 Å². The lowest BCUT2D eigenvalue weighted by Crippen LogP contribution is -2.58. The topological polar surface area (TPSA) is 84.9 Å². The van der Waals surface area contributed by atoms with Crippen LogP contribution in [-0.4, -0.2) is 63.4 Å². The van der Waals surface area contributed by atoms with Crippen LogP contribution < -0.4 is 9.46 Å². The van der Waals surface area contributed by atoms with Gasteiger partial charge in [-0.2, -0.15) is 0 Å². The summed E-state index contributed by atoms with van der Waals surface area (Å²) in [5.74, 6) is 1.09. The van der Waals surface area contributed by atoms with E-state index in [-0.39, 0.29) is 24.1 Å². The minimum Gasteiger partial charge on any atom is -0.490 e. The zero-order valence-corrected chi connectivity index (χ0v) is 18.1. The average Bonchev–Trinajstić information content (AvgIpc) is 3.17. The molecule has 1 saturated heterocycles. The van der Waals surface area contributed by atoms with Gasteiger partial charge in [0.15, 0.2) is 0 Å². The van der Waals surface area contributed by atoms with E-state index in [1.807, 2.05) is 12.1 Å². The number of ether oxygens (including phenoxy) is 2. The van der Waals surface area contributed by atoms with Crippen molar-refractivity contribution in [1.82, 2.24) is 9.62 Å². The van der Waals surface area contributed by atoms with Crippen LogP contribution in [0.3, 0.4) is 0 Å². The van der Waals surface area contributed by atoms with Gasteiger partial charge in [-0.25, -0.2) is 13.1 Å². The number of piperidine rings is 1. The van der Waals surface area contributed by atoms with E-state index in [0.717, 1.165) is 37.7 Å². The predicted molar refractivity (Wildman–Crippen MR) is 114 cm³/mol. The number of hydrogen-bond donors (Lipinski definition) is 1. The van der Waals surface area contributed by atoms with Crippen molar-refractivity contribution in [3.63, 3.8) is 0 Å². The monoisotopic (exact) mass is 434 g/mol. The molecule has 3 aliphatic rings. The van der Waals surface area contributed by atoms with Gasteiger partial charge in [0.1, 0.15) is 12.4 Å². The highest BCUT2D eigenvalue weighted by atomic mass is 32.2. The lowest BCUT2D eigenvalue weighted by molar-refractivity contribution is -0.132. The van der Waals surface area contributed by atoms with Crippen molar-refractivity contribution in [3.8, 4) is 5.75 Å². The summed E-state index contributed by atoms with van der Waals surface area (Å²) < 4.78 is 38.6. The first-order valence-electron chi connectivity index (χ1n) is 10.7. The van der Waals surface area contributed by atoms with E-state index in [1.165, 1.54) is 11.6 Å². The largest absolute Gasteiger partial charge is 0.490 e. The molecule has 0 radical (unpaired) electrons. The summed E-state index contributed by atoms with van der Waals surface area (Å²) in [4.78, 5) is 14.6. The summed E-state index contributed by atoms with van der Waals surface area (Å²) in [7, 11) is -3.38. The standard InChI is InChI=1S/C22H30N2O5S/c1-30(26,27)23-20-7-3-11-24-21(20)15-29-19-10-9-17(14-19)16-5-2-6-18(13-16)28-12-4-8-22(24)25/h2,4-6,8,13,17,19-21,23H,3,7,9-12,14-15H2,1H3/b8-4+/t17-,19?,20-,21-/m0/s1. The van der Waals surface area contributed by atoms with Crippen molar-refractivity contribution in [2.45, 2.75) is 56.2 Å². The molecule has 1 aromatic rings. The Kier molecular flexibility index (Phi) is 6.46. The lowest BCUT2D eigenvalue weighted by atomic mass is 9.97. The van der Waals surface area contributed by atoms with E-state index in [1.54, 1.807) is 11.0 Å². The molecule has 4 atom stereocenters. The van der Waals surface area contributed by atoms with Crippen LogP contribution in [0.2, 0.25) is 0 Å². The quantitative estimate of drug-likeness (QED) is 0.771. The Morgan fingerprint density at radius 1 is 1.20 bits per heavy atom. The van der Waals surface area contributed by atoms with Gasteiger partial charge >= 0.3 is 0 Å². The molecular weight excluding hydrogens is 404 g/mol. The normalized spacial score (nSPS) is 31.2. The molecular formula is C22H30N2O5S. The van der Waals surface area contributed by atoms with Gasteiger partial charge in [0, 0.05) is 18.7 Å². The van der Waals surface area contributed by atoms with Crippen LogP contribution in [0.25, 0.3) is 0 Å². The van der Waals surface area contributed by atoms with E-state index < -0.39 is 10.0 Å². The van der Waals surface area contributed by atoms with Crippen molar-refractivity contribution >= 4 is 15.9 Å². The summed E-state index contributed by atoms with van der Waals surface area (Å²) in [5, 5.41) is 0. The number of benzene rings is 1. The second-order valence-corrected chi connectivity index (χ2v) is 10.3. The summed E-state index contributed by atoms with van der Waals surface area (Å²) in [6, 6.07) is 7.49. The third-order valence-electron chi connectivity index (χ3n) is 6.25. The fourth-order valence-corrected chi connectivity index (χ4v) is 5.65. The van der Waals surface area contributed by atoms with Gasteiger partial charge in [-0.1, -0.05) is 12.1 Å². The molecule has 4 rings (SSSR count). The van der Waals surface area contributed by atoms with Crippen LogP contribution >= 0.6 is 0 Å². The van der Waals surface area contributed by atoms with Crippen molar-refractivity contribution < 1.29 is 22.7 Å². The fraction of sp³-hybridized carbons (Fsp3) is 0.591. The van der Waals surface area contributed by atoms with Crippen molar-refractivity contribution in [2.24, 2.45) is 0 Å². The predicted octanol–water partition coefficient (Wildman–Crippen LogP) is 2.20. The Bertz CT molecular complexity index is 901. The van der Waals surface area contributed by atoms with E-state index in [0.29, 0.717) is 32.1 Å². The number of carbonyl (C=O) groups is 1. The van der Waals surface area contributed by atoms with E-state index in [4.69, 9.17) is 9.47 Å². The zero-order chi connectivity index (χ0) is 21.1. The molecule has 8 heteroatoms. The molecule has 4 bridgehead atoms. The van der Waals surface area contributed by atoms with E-state index in [9.17, 15) is 13.2 Å². The van der Waals surface area contributed by atoms with Crippen LogP contribution in [0, 0.1) is 0 Å². The first-order valence-corrected chi connectivity index (χ1v) is 12.6. The smallest absolute Gasteiger partial charge is 0.246 e. The first-order chi connectivity index (χ1) is 14.4. The van der Waals surface area contributed by atoms with Gasteiger partial charge in [0.25, 0.3) is 0 Å². The highest BCUT2D eigenvalue weighted by molar-refractivity contribution is 7.88. The summed E-state index contributed by atoms with van der Waals surface area (Å²) in [6.45, 7) is 1.23.